The summed E-state index contributed by atoms with van der Waals surface area (Å²) in [6, 6.07) is 3.36. The quantitative estimate of drug-likeness (QED) is 0.676. The number of benzene rings is 1. The Labute approximate surface area is 112 Å². The van der Waals surface area contributed by atoms with E-state index in [1.54, 1.807) is 0 Å². The van der Waals surface area contributed by atoms with E-state index < -0.39 is 15.9 Å². The van der Waals surface area contributed by atoms with Gasteiger partial charge in [-0.1, -0.05) is 19.8 Å². The molecule has 1 aromatic carbocycles. The molecule has 0 bridgehead atoms. The van der Waals surface area contributed by atoms with Crippen LogP contribution in [0.25, 0.3) is 0 Å². The molecule has 0 aliphatic heterocycles. The summed E-state index contributed by atoms with van der Waals surface area (Å²) in [7, 11) is -3.90. The number of unbranched alkanes of at least 4 members (excludes halogenated alkanes) is 2. The van der Waals surface area contributed by atoms with Gasteiger partial charge >= 0.3 is 0 Å². The normalized spacial score (nSPS) is 11.3. The lowest BCUT2D eigenvalue weighted by atomic mass is 10.2. The highest BCUT2D eigenvalue weighted by molar-refractivity contribution is 7.89. The third-order valence-electron chi connectivity index (χ3n) is 2.61. The number of phenols is 1. The fourth-order valence-electron chi connectivity index (χ4n) is 1.55. The lowest BCUT2D eigenvalue weighted by Gasteiger charge is -2.08. The zero-order valence-corrected chi connectivity index (χ0v) is 11.5. The first-order chi connectivity index (χ1) is 8.86. The van der Waals surface area contributed by atoms with Crippen LogP contribution in [0.1, 0.15) is 36.5 Å². The number of phenolic OH excluding ortho intramolecular Hbond substituents is 1. The van der Waals surface area contributed by atoms with Crippen molar-refractivity contribution in [1.29, 1.82) is 0 Å². The molecule has 1 aromatic rings. The van der Waals surface area contributed by atoms with Crippen LogP contribution in [0.4, 0.5) is 0 Å². The fraction of sp³-hybridized carbons (Fsp3) is 0.417. The molecular formula is C12H18N2O4S. The standard InChI is InChI=1S/C12H18N2O4S/c1-2-3-4-7-14-12(16)10-8-9(19(13,17)18)5-6-11(10)15/h5-6,8,15H,2-4,7H2,1H3,(H,14,16)(H2,13,17,18). The number of aromatic hydroxyl groups is 1. The molecule has 0 atom stereocenters. The number of nitrogens with one attached hydrogen (secondary N) is 1. The van der Waals surface area contributed by atoms with Crippen LogP contribution in [0.5, 0.6) is 5.75 Å². The third-order valence-corrected chi connectivity index (χ3v) is 3.52. The van der Waals surface area contributed by atoms with Crippen LogP contribution in [0.2, 0.25) is 0 Å². The second-order valence-electron chi connectivity index (χ2n) is 4.19. The van der Waals surface area contributed by atoms with E-state index >= 15 is 0 Å². The number of primary sulfonamides is 1. The smallest absolute Gasteiger partial charge is 0.255 e. The maximum atomic E-state index is 11.8. The van der Waals surface area contributed by atoms with Crippen molar-refractivity contribution in [2.45, 2.75) is 31.1 Å². The molecule has 0 spiro atoms. The maximum Gasteiger partial charge on any atom is 0.255 e. The summed E-state index contributed by atoms with van der Waals surface area (Å²) in [5.41, 5.74) is -0.0944. The molecule has 0 heterocycles. The van der Waals surface area contributed by atoms with Gasteiger partial charge in [-0.25, -0.2) is 13.6 Å². The van der Waals surface area contributed by atoms with Crippen LogP contribution in [0.15, 0.2) is 23.1 Å². The van der Waals surface area contributed by atoms with Crippen molar-refractivity contribution in [2.75, 3.05) is 6.54 Å². The average Bonchev–Trinajstić information content (AvgIpc) is 2.33. The predicted octanol–water partition coefficient (Wildman–Crippen LogP) is 0.960. The molecule has 0 unspecified atom stereocenters. The molecule has 6 nitrogen and oxygen atoms in total. The highest BCUT2D eigenvalue weighted by atomic mass is 32.2. The fourth-order valence-corrected chi connectivity index (χ4v) is 2.09. The number of nitrogens with two attached hydrogens (primary N) is 1. The average molecular weight is 286 g/mol. The van der Waals surface area contributed by atoms with Crippen LogP contribution < -0.4 is 10.5 Å². The second-order valence-corrected chi connectivity index (χ2v) is 5.75. The number of carbonyl (C=O) groups excluding carboxylic acids is 1. The number of rotatable bonds is 6. The largest absolute Gasteiger partial charge is 0.507 e. The van der Waals surface area contributed by atoms with Gasteiger partial charge < -0.3 is 10.4 Å². The van der Waals surface area contributed by atoms with Gasteiger partial charge in [0.25, 0.3) is 5.91 Å². The maximum absolute atomic E-state index is 11.8. The Balaban J connectivity index is 2.84. The summed E-state index contributed by atoms with van der Waals surface area (Å²) in [4.78, 5) is 11.6. The van der Waals surface area contributed by atoms with Gasteiger partial charge in [-0.3, -0.25) is 4.79 Å². The van der Waals surface area contributed by atoms with Crippen molar-refractivity contribution in [3.8, 4) is 5.75 Å². The minimum atomic E-state index is -3.90. The van der Waals surface area contributed by atoms with Crippen LogP contribution in [0.3, 0.4) is 0 Å². The number of hydrogen-bond acceptors (Lipinski definition) is 4. The van der Waals surface area contributed by atoms with E-state index in [0.717, 1.165) is 37.5 Å². The molecule has 0 aliphatic rings. The Morgan fingerprint density at radius 1 is 1.37 bits per heavy atom. The zero-order chi connectivity index (χ0) is 14.5. The lowest BCUT2D eigenvalue weighted by molar-refractivity contribution is 0.0950. The van der Waals surface area contributed by atoms with Gasteiger partial charge in [0.15, 0.2) is 0 Å². The first-order valence-corrected chi connectivity index (χ1v) is 7.55. The van der Waals surface area contributed by atoms with E-state index in [1.165, 1.54) is 0 Å². The molecule has 0 radical (unpaired) electrons. The van der Waals surface area contributed by atoms with Gasteiger partial charge in [0.1, 0.15) is 5.75 Å². The number of sulfonamides is 1. The van der Waals surface area contributed by atoms with Crippen molar-refractivity contribution in [2.24, 2.45) is 5.14 Å². The molecule has 0 fully saturated rings. The molecule has 0 aromatic heterocycles. The van der Waals surface area contributed by atoms with Crippen molar-refractivity contribution in [1.82, 2.24) is 5.32 Å². The molecule has 0 aliphatic carbocycles. The van der Waals surface area contributed by atoms with Crippen LogP contribution >= 0.6 is 0 Å². The van der Waals surface area contributed by atoms with E-state index in [-0.39, 0.29) is 16.2 Å². The Morgan fingerprint density at radius 3 is 2.63 bits per heavy atom. The minimum absolute atomic E-state index is 0.0944. The second kappa shape index (κ2) is 6.53. The summed E-state index contributed by atoms with van der Waals surface area (Å²) < 4.78 is 22.4. The molecule has 7 heteroatoms. The summed E-state index contributed by atoms with van der Waals surface area (Å²) >= 11 is 0. The van der Waals surface area contributed by atoms with Gasteiger partial charge in [-0.2, -0.15) is 0 Å². The van der Waals surface area contributed by atoms with E-state index in [0.29, 0.717) is 6.54 Å². The highest BCUT2D eigenvalue weighted by Crippen LogP contribution is 2.20. The Morgan fingerprint density at radius 2 is 2.05 bits per heavy atom. The van der Waals surface area contributed by atoms with Gasteiger partial charge in [-0.05, 0) is 24.6 Å². The molecule has 1 amide bonds. The molecule has 0 saturated heterocycles. The van der Waals surface area contributed by atoms with E-state index in [9.17, 15) is 18.3 Å². The number of carbonyl (C=O) groups is 1. The minimum Gasteiger partial charge on any atom is -0.507 e. The summed E-state index contributed by atoms with van der Waals surface area (Å²) in [5, 5.41) is 17.2. The molecule has 4 N–H and O–H groups in total. The lowest BCUT2D eigenvalue weighted by Crippen LogP contribution is -2.25. The summed E-state index contributed by atoms with van der Waals surface area (Å²) in [5.74, 6) is -0.792. The first kappa shape index (κ1) is 15.5. The molecule has 0 saturated carbocycles. The molecule has 1 rings (SSSR count). The molecule has 106 valence electrons. The third kappa shape index (κ3) is 4.53. The molecular weight excluding hydrogens is 268 g/mol. The van der Waals surface area contributed by atoms with Gasteiger partial charge in [0.2, 0.25) is 10.0 Å². The van der Waals surface area contributed by atoms with Crippen molar-refractivity contribution in [3.63, 3.8) is 0 Å². The monoisotopic (exact) mass is 286 g/mol. The van der Waals surface area contributed by atoms with E-state index in [2.05, 4.69) is 5.32 Å². The van der Waals surface area contributed by atoms with Gasteiger partial charge in [0, 0.05) is 6.54 Å². The van der Waals surface area contributed by atoms with Crippen LogP contribution in [0, 0.1) is 0 Å². The van der Waals surface area contributed by atoms with E-state index in [1.807, 2.05) is 6.92 Å². The summed E-state index contributed by atoms with van der Waals surface area (Å²) in [6.45, 7) is 2.52. The predicted molar refractivity (Wildman–Crippen MR) is 71.3 cm³/mol. The Bertz CT molecular complexity index is 555. The number of amides is 1. The Kier molecular flexibility index (Phi) is 5.31. The highest BCUT2D eigenvalue weighted by Gasteiger charge is 2.15. The molecule has 19 heavy (non-hydrogen) atoms. The van der Waals surface area contributed by atoms with Crippen molar-refractivity contribution >= 4 is 15.9 Å². The van der Waals surface area contributed by atoms with Gasteiger partial charge in [-0.15, -0.1) is 0 Å². The van der Waals surface area contributed by atoms with Crippen LogP contribution in [-0.4, -0.2) is 26.0 Å². The van der Waals surface area contributed by atoms with Gasteiger partial charge in [0.05, 0.1) is 10.5 Å². The topological polar surface area (TPSA) is 109 Å². The van der Waals surface area contributed by atoms with Crippen molar-refractivity contribution < 1.29 is 18.3 Å². The zero-order valence-electron chi connectivity index (χ0n) is 10.7. The summed E-state index contributed by atoms with van der Waals surface area (Å²) in [6.07, 6.45) is 2.85. The Hall–Kier alpha value is -1.60. The first-order valence-electron chi connectivity index (χ1n) is 6.00. The SMILES string of the molecule is CCCCCNC(=O)c1cc(S(N)(=O)=O)ccc1O. The van der Waals surface area contributed by atoms with Crippen LogP contribution in [-0.2, 0) is 10.0 Å². The van der Waals surface area contributed by atoms with E-state index in [4.69, 9.17) is 5.14 Å². The van der Waals surface area contributed by atoms with Crippen molar-refractivity contribution in [3.05, 3.63) is 23.8 Å². The number of hydrogen-bond donors (Lipinski definition) is 3.